The number of benzene rings is 1. The van der Waals surface area contributed by atoms with Crippen LogP contribution in [0, 0.1) is 0 Å². The molecule has 1 aromatic carbocycles. The maximum Gasteiger partial charge on any atom is 0.329 e. The third-order valence-corrected chi connectivity index (χ3v) is 3.76. The molecule has 4 nitrogen and oxygen atoms in total. The fourth-order valence-corrected chi connectivity index (χ4v) is 2.45. The number of rotatable bonds is 7. The molecule has 0 spiro atoms. The zero-order chi connectivity index (χ0) is 14.3. The molecule has 1 unspecified atom stereocenters. The van der Waals surface area contributed by atoms with E-state index < -0.39 is 11.5 Å². The van der Waals surface area contributed by atoms with Gasteiger partial charge in [0.05, 0.1) is 5.75 Å². The summed E-state index contributed by atoms with van der Waals surface area (Å²) in [5.41, 5.74) is -1.18. The molecule has 5 heteroatoms. The number of carbonyl (C=O) groups excluding carboxylic acids is 1. The van der Waals surface area contributed by atoms with Crippen LogP contribution in [0.25, 0.3) is 0 Å². The normalized spacial score (nSPS) is 13.6. The van der Waals surface area contributed by atoms with Crippen molar-refractivity contribution in [2.24, 2.45) is 0 Å². The van der Waals surface area contributed by atoms with Crippen LogP contribution in [0.5, 0.6) is 0 Å². The first-order valence-electron chi connectivity index (χ1n) is 6.20. The molecule has 2 N–H and O–H groups in total. The van der Waals surface area contributed by atoms with Gasteiger partial charge in [-0.25, -0.2) is 4.79 Å². The third-order valence-electron chi connectivity index (χ3n) is 2.75. The smallest absolute Gasteiger partial charge is 0.329 e. The first-order valence-corrected chi connectivity index (χ1v) is 7.19. The predicted octanol–water partition coefficient (Wildman–Crippen LogP) is 2.54. The van der Waals surface area contributed by atoms with Crippen molar-refractivity contribution in [1.29, 1.82) is 0 Å². The van der Waals surface area contributed by atoms with Gasteiger partial charge in [0.25, 0.3) is 0 Å². The molecule has 0 aliphatic rings. The fraction of sp³-hybridized carbons (Fsp3) is 0.429. The van der Waals surface area contributed by atoms with Crippen LogP contribution in [0.1, 0.15) is 26.7 Å². The Balaban J connectivity index is 2.52. The van der Waals surface area contributed by atoms with Gasteiger partial charge in [-0.2, -0.15) is 0 Å². The van der Waals surface area contributed by atoms with Gasteiger partial charge < -0.3 is 10.4 Å². The summed E-state index contributed by atoms with van der Waals surface area (Å²) in [6.45, 7) is 3.44. The Bertz CT molecular complexity index is 436. The number of carboxylic acid groups (broad SMARTS) is 1. The fourth-order valence-electron chi connectivity index (χ4n) is 1.73. The van der Waals surface area contributed by atoms with Gasteiger partial charge in [0.1, 0.15) is 5.54 Å². The molecule has 0 aliphatic carbocycles. The maximum absolute atomic E-state index is 11.8. The molecule has 1 amide bonds. The van der Waals surface area contributed by atoms with Crippen molar-refractivity contribution in [2.45, 2.75) is 37.1 Å². The third kappa shape index (κ3) is 4.95. The number of carbonyl (C=O) groups is 2. The van der Waals surface area contributed by atoms with E-state index in [-0.39, 0.29) is 11.7 Å². The van der Waals surface area contributed by atoms with E-state index in [1.807, 2.05) is 37.3 Å². The lowest BCUT2D eigenvalue weighted by molar-refractivity contribution is -0.146. The van der Waals surface area contributed by atoms with E-state index in [1.54, 1.807) is 6.92 Å². The second-order valence-corrected chi connectivity index (χ2v) is 5.59. The van der Waals surface area contributed by atoms with Crippen molar-refractivity contribution in [1.82, 2.24) is 5.32 Å². The summed E-state index contributed by atoms with van der Waals surface area (Å²) in [6.07, 6.45) is 1.12. The summed E-state index contributed by atoms with van der Waals surface area (Å²) < 4.78 is 0. The average molecular weight is 281 g/mol. The van der Waals surface area contributed by atoms with Gasteiger partial charge in [-0.15, -0.1) is 11.8 Å². The molecule has 1 rings (SSSR count). The largest absolute Gasteiger partial charge is 0.480 e. The van der Waals surface area contributed by atoms with Gasteiger partial charge in [0.15, 0.2) is 0 Å². The number of aliphatic carboxylic acids is 1. The molecule has 0 radical (unpaired) electrons. The highest BCUT2D eigenvalue weighted by molar-refractivity contribution is 8.00. The first-order chi connectivity index (χ1) is 8.98. The highest BCUT2D eigenvalue weighted by atomic mass is 32.2. The van der Waals surface area contributed by atoms with Crippen LogP contribution >= 0.6 is 11.8 Å². The second-order valence-electron chi connectivity index (χ2n) is 4.54. The standard InChI is InChI=1S/C14H19NO3S/c1-3-9-14(2,13(17)18)15-12(16)10-19-11-7-5-4-6-8-11/h4-8H,3,9-10H2,1-2H3,(H,15,16)(H,17,18). The summed E-state index contributed by atoms with van der Waals surface area (Å²) in [5.74, 6) is -1.03. The van der Waals surface area contributed by atoms with Crippen molar-refractivity contribution in [2.75, 3.05) is 5.75 Å². The summed E-state index contributed by atoms with van der Waals surface area (Å²) in [7, 11) is 0. The Hall–Kier alpha value is -1.49. The topological polar surface area (TPSA) is 66.4 Å². The zero-order valence-corrected chi connectivity index (χ0v) is 12.0. The van der Waals surface area contributed by atoms with Crippen LogP contribution < -0.4 is 5.32 Å². The lowest BCUT2D eigenvalue weighted by atomic mass is 9.96. The van der Waals surface area contributed by atoms with E-state index in [9.17, 15) is 14.7 Å². The lowest BCUT2D eigenvalue weighted by Crippen LogP contribution is -2.52. The van der Waals surface area contributed by atoms with Crippen molar-refractivity contribution in [3.63, 3.8) is 0 Å². The van der Waals surface area contributed by atoms with Gasteiger partial charge in [-0.05, 0) is 25.5 Å². The summed E-state index contributed by atoms with van der Waals surface area (Å²) in [4.78, 5) is 24.0. The number of carboxylic acids is 1. The summed E-state index contributed by atoms with van der Waals surface area (Å²) in [5, 5.41) is 11.8. The highest BCUT2D eigenvalue weighted by Gasteiger charge is 2.33. The summed E-state index contributed by atoms with van der Waals surface area (Å²) in [6, 6.07) is 9.55. The predicted molar refractivity (Wildman–Crippen MR) is 76.3 cm³/mol. The van der Waals surface area contributed by atoms with Gasteiger partial charge in [0, 0.05) is 4.90 Å². The first kappa shape index (κ1) is 15.6. The molecule has 0 heterocycles. The van der Waals surface area contributed by atoms with Crippen LogP contribution in [0.2, 0.25) is 0 Å². The molecule has 0 saturated carbocycles. The molecule has 1 atom stereocenters. The van der Waals surface area contributed by atoms with Gasteiger partial charge >= 0.3 is 5.97 Å². The highest BCUT2D eigenvalue weighted by Crippen LogP contribution is 2.18. The van der Waals surface area contributed by atoms with E-state index >= 15 is 0 Å². The maximum atomic E-state index is 11.8. The van der Waals surface area contributed by atoms with Crippen molar-refractivity contribution >= 4 is 23.6 Å². The number of nitrogens with one attached hydrogen (secondary N) is 1. The molecule has 104 valence electrons. The minimum absolute atomic E-state index is 0.219. The van der Waals surface area contributed by atoms with E-state index in [1.165, 1.54) is 11.8 Å². The molecule has 1 aromatic rings. The van der Waals surface area contributed by atoms with Crippen molar-refractivity contribution in [3.05, 3.63) is 30.3 Å². The summed E-state index contributed by atoms with van der Waals surface area (Å²) >= 11 is 1.39. The van der Waals surface area contributed by atoms with Crippen LogP contribution in [-0.2, 0) is 9.59 Å². The number of hydrogen-bond donors (Lipinski definition) is 2. The Kier molecular flexibility index (Phi) is 5.89. The van der Waals surface area contributed by atoms with Crippen LogP contribution in [-0.4, -0.2) is 28.3 Å². The van der Waals surface area contributed by atoms with Crippen molar-refractivity contribution in [3.8, 4) is 0 Å². The molecule has 0 saturated heterocycles. The molecule has 0 aromatic heterocycles. The van der Waals surface area contributed by atoms with E-state index in [2.05, 4.69) is 5.32 Å². The van der Waals surface area contributed by atoms with Gasteiger partial charge in [-0.1, -0.05) is 31.5 Å². The minimum atomic E-state index is -1.18. The SMILES string of the molecule is CCCC(C)(NC(=O)CSc1ccccc1)C(=O)O. The Labute approximate surface area is 117 Å². The Morgan fingerprint density at radius 1 is 1.32 bits per heavy atom. The van der Waals surface area contributed by atoms with Crippen LogP contribution in [0.4, 0.5) is 0 Å². The van der Waals surface area contributed by atoms with E-state index in [4.69, 9.17) is 0 Å². The van der Waals surface area contributed by atoms with Gasteiger partial charge in [0.2, 0.25) is 5.91 Å². The molecule has 19 heavy (non-hydrogen) atoms. The molecule has 0 aliphatic heterocycles. The molecular formula is C14H19NO3S. The quantitative estimate of drug-likeness (QED) is 0.754. The van der Waals surface area contributed by atoms with Gasteiger partial charge in [-0.3, -0.25) is 4.79 Å². The second kappa shape index (κ2) is 7.19. The van der Waals surface area contributed by atoms with Crippen molar-refractivity contribution < 1.29 is 14.7 Å². The monoisotopic (exact) mass is 281 g/mol. The minimum Gasteiger partial charge on any atom is -0.480 e. The number of amides is 1. The van der Waals surface area contributed by atoms with E-state index in [0.717, 1.165) is 4.90 Å². The Morgan fingerprint density at radius 3 is 2.47 bits per heavy atom. The lowest BCUT2D eigenvalue weighted by Gasteiger charge is -2.25. The molecular weight excluding hydrogens is 262 g/mol. The van der Waals surface area contributed by atoms with E-state index in [0.29, 0.717) is 12.8 Å². The number of thioether (sulfide) groups is 1. The van der Waals surface area contributed by atoms with Crippen LogP contribution in [0.15, 0.2) is 35.2 Å². The zero-order valence-electron chi connectivity index (χ0n) is 11.2. The van der Waals surface area contributed by atoms with Crippen LogP contribution in [0.3, 0.4) is 0 Å². The molecule has 0 fully saturated rings. The number of hydrogen-bond acceptors (Lipinski definition) is 3. The average Bonchev–Trinajstić information content (AvgIpc) is 2.37. The Morgan fingerprint density at radius 2 is 1.95 bits per heavy atom. The molecule has 0 bridgehead atoms.